The molecular weight excluding hydrogens is 286 g/mol. The fourth-order valence-electron chi connectivity index (χ4n) is 2.17. The molecule has 0 saturated heterocycles. The number of para-hydroxylation sites is 1. The van der Waals surface area contributed by atoms with Gasteiger partial charge in [0, 0.05) is 23.7 Å². The first-order valence-electron chi connectivity index (χ1n) is 6.99. The second kappa shape index (κ2) is 7.91. The maximum atomic E-state index is 6.15. The van der Waals surface area contributed by atoms with E-state index < -0.39 is 0 Å². The van der Waals surface area contributed by atoms with Gasteiger partial charge in [-0.05, 0) is 24.6 Å². The van der Waals surface area contributed by atoms with Crippen LogP contribution in [0.2, 0.25) is 5.02 Å². The van der Waals surface area contributed by atoms with Crippen LogP contribution in [-0.4, -0.2) is 13.7 Å². The summed E-state index contributed by atoms with van der Waals surface area (Å²) in [6.07, 6.45) is 0. The van der Waals surface area contributed by atoms with E-state index in [2.05, 4.69) is 5.32 Å². The van der Waals surface area contributed by atoms with Crippen molar-refractivity contribution in [1.29, 1.82) is 0 Å². The Balaban J connectivity index is 2.03. The first-order valence-corrected chi connectivity index (χ1v) is 7.36. The molecule has 0 aliphatic carbocycles. The van der Waals surface area contributed by atoms with Gasteiger partial charge in [0.2, 0.25) is 0 Å². The standard InChI is InChI=1S/C17H20ClNO2/c1-3-21-16-10-6-8-14(17(16)20-2)12-19-11-13-7-4-5-9-15(13)18/h4-10,19H,3,11-12H2,1-2H3. The molecular formula is C17H20ClNO2. The number of nitrogens with one attached hydrogen (secondary N) is 1. The Labute approximate surface area is 130 Å². The highest BCUT2D eigenvalue weighted by Crippen LogP contribution is 2.31. The molecule has 0 spiro atoms. The lowest BCUT2D eigenvalue weighted by Crippen LogP contribution is -2.14. The smallest absolute Gasteiger partial charge is 0.165 e. The van der Waals surface area contributed by atoms with E-state index in [9.17, 15) is 0 Å². The SMILES string of the molecule is CCOc1cccc(CNCc2ccccc2Cl)c1OC. The minimum atomic E-state index is 0.618. The molecule has 0 aliphatic heterocycles. The predicted octanol–water partition coefficient (Wildman–Crippen LogP) is 4.04. The first kappa shape index (κ1) is 15.7. The third-order valence-electron chi connectivity index (χ3n) is 3.15. The summed E-state index contributed by atoms with van der Waals surface area (Å²) in [4.78, 5) is 0. The van der Waals surface area contributed by atoms with Crippen molar-refractivity contribution < 1.29 is 9.47 Å². The monoisotopic (exact) mass is 305 g/mol. The average Bonchev–Trinajstić information content (AvgIpc) is 2.50. The number of ether oxygens (including phenoxy) is 2. The van der Waals surface area contributed by atoms with Gasteiger partial charge < -0.3 is 14.8 Å². The molecule has 0 saturated carbocycles. The summed E-state index contributed by atoms with van der Waals surface area (Å²) in [5.74, 6) is 1.56. The average molecular weight is 306 g/mol. The van der Waals surface area contributed by atoms with E-state index in [0.717, 1.165) is 27.6 Å². The quantitative estimate of drug-likeness (QED) is 0.837. The molecule has 1 N–H and O–H groups in total. The summed E-state index contributed by atoms with van der Waals surface area (Å²) in [6, 6.07) is 13.7. The fourth-order valence-corrected chi connectivity index (χ4v) is 2.38. The summed E-state index contributed by atoms with van der Waals surface area (Å²) in [6.45, 7) is 3.98. The number of methoxy groups -OCH3 is 1. The van der Waals surface area contributed by atoms with Gasteiger partial charge in [0.15, 0.2) is 11.5 Å². The second-order valence-electron chi connectivity index (χ2n) is 4.58. The number of benzene rings is 2. The normalized spacial score (nSPS) is 10.4. The highest BCUT2D eigenvalue weighted by atomic mass is 35.5. The Morgan fingerprint density at radius 2 is 1.71 bits per heavy atom. The van der Waals surface area contributed by atoms with E-state index in [1.165, 1.54) is 0 Å². The zero-order valence-corrected chi connectivity index (χ0v) is 13.1. The zero-order valence-electron chi connectivity index (χ0n) is 12.4. The van der Waals surface area contributed by atoms with Crippen LogP contribution < -0.4 is 14.8 Å². The number of hydrogen-bond acceptors (Lipinski definition) is 3. The molecule has 0 unspecified atom stereocenters. The van der Waals surface area contributed by atoms with Crippen LogP contribution in [0.15, 0.2) is 42.5 Å². The van der Waals surface area contributed by atoms with Crippen molar-refractivity contribution in [2.24, 2.45) is 0 Å². The molecule has 3 nitrogen and oxygen atoms in total. The third kappa shape index (κ3) is 4.13. The van der Waals surface area contributed by atoms with Crippen LogP contribution in [0.5, 0.6) is 11.5 Å². The molecule has 0 bridgehead atoms. The van der Waals surface area contributed by atoms with E-state index in [1.807, 2.05) is 49.4 Å². The molecule has 2 aromatic carbocycles. The summed E-state index contributed by atoms with van der Waals surface area (Å²) in [5, 5.41) is 4.16. The van der Waals surface area contributed by atoms with Crippen LogP contribution in [0, 0.1) is 0 Å². The van der Waals surface area contributed by atoms with Gasteiger partial charge in [-0.1, -0.05) is 41.9 Å². The molecule has 2 aromatic rings. The third-order valence-corrected chi connectivity index (χ3v) is 3.52. The molecule has 21 heavy (non-hydrogen) atoms. The van der Waals surface area contributed by atoms with E-state index >= 15 is 0 Å². The first-order chi connectivity index (χ1) is 10.3. The molecule has 0 radical (unpaired) electrons. The summed E-state index contributed by atoms with van der Waals surface area (Å²) in [7, 11) is 1.66. The highest BCUT2D eigenvalue weighted by Gasteiger charge is 2.09. The zero-order chi connectivity index (χ0) is 15.1. The highest BCUT2D eigenvalue weighted by molar-refractivity contribution is 6.31. The van der Waals surface area contributed by atoms with Gasteiger partial charge in [0.05, 0.1) is 13.7 Å². The number of hydrogen-bond donors (Lipinski definition) is 1. The molecule has 0 aromatic heterocycles. The lowest BCUT2D eigenvalue weighted by atomic mass is 10.1. The molecule has 0 atom stereocenters. The van der Waals surface area contributed by atoms with Gasteiger partial charge in [0.1, 0.15) is 0 Å². The topological polar surface area (TPSA) is 30.5 Å². The molecule has 0 fully saturated rings. The molecule has 0 heterocycles. The minimum absolute atomic E-state index is 0.618. The number of halogens is 1. The van der Waals surface area contributed by atoms with Crippen molar-refractivity contribution in [3.8, 4) is 11.5 Å². The van der Waals surface area contributed by atoms with E-state index in [4.69, 9.17) is 21.1 Å². The van der Waals surface area contributed by atoms with Gasteiger partial charge in [-0.15, -0.1) is 0 Å². The number of rotatable bonds is 7. The van der Waals surface area contributed by atoms with Crippen molar-refractivity contribution in [3.63, 3.8) is 0 Å². The molecule has 0 amide bonds. The Hall–Kier alpha value is -1.71. The van der Waals surface area contributed by atoms with Crippen molar-refractivity contribution >= 4 is 11.6 Å². The largest absolute Gasteiger partial charge is 0.493 e. The van der Waals surface area contributed by atoms with E-state index in [-0.39, 0.29) is 0 Å². The van der Waals surface area contributed by atoms with Crippen molar-refractivity contribution in [1.82, 2.24) is 5.32 Å². The van der Waals surface area contributed by atoms with Gasteiger partial charge in [0.25, 0.3) is 0 Å². The lowest BCUT2D eigenvalue weighted by molar-refractivity contribution is 0.308. The summed E-state index contributed by atoms with van der Waals surface area (Å²) >= 11 is 6.15. The molecule has 112 valence electrons. The Bertz CT molecular complexity index is 587. The van der Waals surface area contributed by atoms with Crippen LogP contribution >= 0.6 is 11.6 Å². The Morgan fingerprint density at radius 1 is 1.00 bits per heavy atom. The van der Waals surface area contributed by atoms with Crippen LogP contribution in [0.4, 0.5) is 0 Å². The van der Waals surface area contributed by atoms with Crippen LogP contribution in [-0.2, 0) is 13.1 Å². The van der Waals surface area contributed by atoms with Crippen molar-refractivity contribution in [2.45, 2.75) is 20.0 Å². The molecule has 4 heteroatoms. The van der Waals surface area contributed by atoms with Gasteiger partial charge in [-0.25, -0.2) is 0 Å². The summed E-state index contributed by atoms with van der Waals surface area (Å²) < 4.78 is 11.0. The Kier molecular flexibility index (Phi) is 5.90. The van der Waals surface area contributed by atoms with E-state index in [0.29, 0.717) is 19.7 Å². The maximum absolute atomic E-state index is 6.15. The van der Waals surface area contributed by atoms with Gasteiger partial charge >= 0.3 is 0 Å². The Morgan fingerprint density at radius 3 is 2.43 bits per heavy atom. The van der Waals surface area contributed by atoms with Crippen LogP contribution in [0.1, 0.15) is 18.1 Å². The lowest BCUT2D eigenvalue weighted by Gasteiger charge is -2.14. The van der Waals surface area contributed by atoms with Crippen LogP contribution in [0.3, 0.4) is 0 Å². The fraction of sp³-hybridized carbons (Fsp3) is 0.294. The minimum Gasteiger partial charge on any atom is -0.493 e. The van der Waals surface area contributed by atoms with Gasteiger partial charge in [-0.2, -0.15) is 0 Å². The van der Waals surface area contributed by atoms with Crippen molar-refractivity contribution in [3.05, 3.63) is 58.6 Å². The second-order valence-corrected chi connectivity index (χ2v) is 4.98. The maximum Gasteiger partial charge on any atom is 0.165 e. The molecule has 2 rings (SSSR count). The van der Waals surface area contributed by atoms with Crippen molar-refractivity contribution in [2.75, 3.05) is 13.7 Å². The van der Waals surface area contributed by atoms with Gasteiger partial charge in [-0.3, -0.25) is 0 Å². The predicted molar refractivity (Wildman–Crippen MR) is 86.2 cm³/mol. The summed E-state index contributed by atoms with van der Waals surface area (Å²) in [5.41, 5.74) is 2.15. The molecule has 0 aliphatic rings. The van der Waals surface area contributed by atoms with Crippen LogP contribution in [0.25, 0.3) is 0 Å². The van der Waals surface area contributed by atoms with E-state index in [1.54, 1.807) is 7.11 Å².